The van der Waals surface area contributed by atoms with Crippen LogP contribution >= 0.6 is 0 Å². The predicted octanol–water partition coefficient (Wildman–Crippen LogP) is 5.45. The van der Waals surface area contributed by atoms with Gasteiger partial charge < -0.3 is 14.6 Å². The highest BCUT2D eigenvalue weighted by Crippen LogP contribution is 2.42. The van der Waals surface area contributed by atoms with Gasteiger partial charge in [0.25, 0.3) is 10.0 Å². The van der Waals surface area contributed by atoms with E-state index in [1.54, 1.807) is 0 Å². The van der Waals surface area contributed by atoms with Gasteiger partial charge in [-0.3, -0.25) is 19.4 Å². The molecule has 0 saturated carbocycles. The number of anilines is 2. The van der Waals surface area contributed by atoms with Crippen LogP contribution in [0.5, 0.6) is 5.75 Å². The number of aromatic nitrogens is 1. The summed E-state index contributed by atoms with van der Waals surface area (Å²) >= 11 is 0. The van der Waals surface area contributed by atoms with E-state index in [2.05, 4.69) is 9.72 Å². The van der Waals surface area contributed by atoms with Gasteiger partial charge >= 0.3 is 24.4 Å². The van der Waals surface area contributed by atoms with E-state index in [-0.39, 0.29) is 23.5 Å². The Bertz CT molecular complexity index is 1440. The Morgan fingerprint density at radius 3 is 2.29 bits per heavy atom. The predicted molar refractivity (Wildman–Crippen MR) is 131 cm³/mol. The highest BCUT2D eigenvalue weighted by molar-refractivity contribution is 7.92. The monoisotopic (exact) mass is 613 g/mol. The van der Waals surface area contributed by atoms with E-state index < -0.39 is 68.6 Å². The molecule has 0 bridgehead atoms. The number of carboxylic acid groups (broad SMARTS) is 1. The summed E-state index contributed by atoms with van der Waals surface area (Å²) in [5.41, 5.74) is -6.14. The van der Waals surface area contributed by atoms with Crippen LogP contribution in [0.2, 0.25) is 0 Å². The van der Waals surface area contributed by atoms with E-state index in [1.165, 1.54) is 13.8 Å². The first-order valence-electron chi connectivity index (χ1n) is 11.7. The summed E-state index contributed by atoms with van der Waals surface area (Å²) in [6.45, 7) is 3.40. The van der Waals surface area contributed by atoms with Crippen molar-refractivity contribution in [3.8, 4) is 5.75 Å². The number of carbonyl (C=O) groups excluding carboxylic acids is 1. The van der Waals surface area contributed by atoms with Crippen LogP contribution in [0.15, 0.2) is 41.6 Å². The van der Waals surface area contributed by atoms with E-state index in [0.29, 0.717) is 36.6 Å². The van der Waals surface area contributed by atoms with Crippen molar-refractivity contribution in [3.05, 3.63) is 42.2 Å². The minimum absolute atomic E-state index is 0.152. The molecule has 1 atom stereocenters. The zero-order valence-electron chi connectivity index (χ0n) is 21.9. The van der Waals surface area contributed by atoms with Crippen molar-refractivity contribution >= 4 is 33.5 Å². The number of amides is 1. The first kappa shape index (κ1) is 31.8. The van der Waals surface area contributed by atoms with Crippen molar-refractivity contribution in [1.29, 1.82) is 0 Å². The summed E-state index contributed by atoms with van der Waals surface area (Å²) in [6.07, 6.45) is -11.5. The maximum absolute atomic E-state index is 13.6. The van der Waals surface area contributed by atoms with Gasteiger partial charge in [-0.1, -0.05) is 0 Å². The van der Waals surface area contributed by atoms with Gasteiger partial charge in [-0.05, 0) is 52.0 Å². The van der Waals surface area contributed by atoms with Crippen LogP contribution in [0.1, 0.15) is 39.7 Å². The molecule has 1 aromatic heterocycles. The molecule has 1 aromatic carbocycles. The quantitative estimate of drug-likeness (QED) is 0.394. The highest BCUT2D eigenvalue weighted by atomic mass is 32.2. The van der Waals surface area contributed by atoms with Crippen molar-refractivity contribution in [2.75, 3.05) is 16.2 Å². The standard InChI is InChI=1S/C24H25F6N3O7S/c1-21(2,19(34)35)9-15-12-33(41(37,38)16-7-13(10-31-11-16)23(25,26)27)17-8-14(5-6-18(17)39-15)32-20(36)40-22(3,4)24(28,29)30/h5-8,10-11,15H,9,12H2,1-4H3,(H,32,36)(H,34,35)/t15-/m1/s1. The van der Waals surface area contributed by atoms with Gasteiger partial charge in [-0.15, -0.1) is 0 Å². The number of sulfonamides is 1. The highest BCUT2D eigenvalue weighted by Gasteiger charge is 2.51. The molecule has 1 aliphatic heterocycles. The number of benzene rings is 1. The fraction of sp³-hybridized carbons (Fsp3) is 0.458. The molecule has 0 spiro atoms. The number of halogens is 6. The summed E-state index contributed by atoms with van der Waals surface area (Å²) in [5, 5.41) is 11.6. The van der Waals surface area contributed by atoms with E-state index in [9.17, 15) is 49.5 Å². The Hall–Kier alpha value is -3.76. The maximum Gasteiger partial charge on any atom is 0.427 e. The Balaban J connectivity index is 2.05. The number of rotatable bonds is 7. The lowest BCUT2D eigenvalue weighted by molar-refractivity contribution is -0.242. The summed E-state index contributed by atoms with van der Waals surface area (Å²) in [5.74, 6) is -1.37. The zero-order chi connectivity index (χ0) is 31.2. The Morgan fingerprint density at radius 2 is 1.73 bits per heavy atom. The Kier molecular flexibility index (Phi) is 8.19. The fourth-order valence-corrected chi connectivity index (χ4v) is 5.14. The average molecular weight is 614 g/mol. The lowest BCUT2D eigenvalue weighted by Crippen LogP contribution is -2.46. The topological polar surface area (TPSA) is 135 Å². The van der Waals surface area contributed by atoms with E-state index >= 15 is 0 Å². The number of alkyl halides is 6. The molecule has 0 saturated heterocycles. The van der Waals surface area contributed by atoms with Crippen LogP contribution in [0.3, 0.4) is 0 Å². The molecule has 10 nitrogen and oxygen atoms in total. The molecule has 2 aromatic rings. The molecular weight excluding hydrogens is 588 g/mol. The summed E-state index contributed by atoms with van der Waals surface area (Å²) in [4.78, 5) is 26.4. The third kappa shape index (κ3) is 6.94. The van der Waals surface area contributed by atoms with Gasteiger partial charge in [-0.25, -0.2) is 13.2 Å². The van der Waals surface area contributed by atoms with Gasteiger partial charge in [0.05, 0.1) is 23.2 Å². The molecule has 2 heterocycles. The number of ether oxygens (including phenoxy) is 2. The van der Waals surface area contributed by atoms with Gasteiger partial charge in [0.15, 0.2) is 0 Å². The lowest BCUT2D eigenvalue weighted by atomic mass is 9.86. The molecule has 3 rings (SSSR count). The summed E-state index contributed by atoms with van der Waals surface area (Å²) < 4.78 is 117. The first-order chi connectivity index (χ1) is 18.5. The Morgan fingerprint density at radius 1 is 1.10 bits per heavy atom. The van der Waals surface area contributed by atoms with E-state index in [0.717, 1.165) is 18.2 Å². The van der Waals surface area contributed by atoms with Crippen LogP contribution in [-0.4, -0.2) is 55.0 Å². The van der Waals surface area contributed by atoms with Crippen LogP contribution < -0.4 is 14.4 Å². The van der Waals surface area contributed by atoms with Crippen molar-refractivity contribution in [3.63, 3.8) is 0 Å². The van der Waals surface area contributed by atoms with Gasteiger partial charge in [0.1, 0.15) is 16.7 Å². The summed E-state index contributed by atoms with van der Waals surface area (Å²) in [7, 11) is -4.81. The molecule has 1 aliphatic rings. The molecule has 2 N–H and O–H groups in total. The van der Waals surface area contributed by atoms with E-state index in [1.807, 2.05) is 5.32 Å². The number of hydrogen-bond donors (Lipinski definition) is 2. The number of fused-ring (bicyclic) bond motifs is 1. The zero-order valence-corrected chi connectivity index (χ0v) is 22.7. The SMILES string of the molecule is CC(C)(C[C@@H]1CN(S(=O)(=O)c2cncc(C(F)(F)F)c2)c2cc(NC(=O)OC(C)(C)C(F)(F)F)ccc2O1)C(=O)O. The molecule has 17 heteroatoms. The molecule has 0 unspecified atom stereocenters. The minimum atomic E-state index is -4.92. The number of aliphatic carboxylic acids is 1. The van der Waals surface area contributed by atoms with Crippen molar-refractivity contribution in [2.24, 2.45) is 5.41 Å². The number of carbonyl (C=O) groups is 2. The molecule has 0 radical (unpaired) electrons. The van der Waals surface area contributed by atoms with Gasteiger partial charge in [0.2, 0.25) is 5.60 Å². The molecule has 0 aliphatic carbocycles. The average Bonchev–Trinajstić information content (AvgIpc) is 2.81. The second kappa shape index (κ2) is 10.6. The number of nitrogens with one attached hydrogen (secondary N) is 1. The van der Waals surface area contributed by atoms with Gasteiger partial charge in [-0.2, -0.15) is 26.3 Å². The largest absolute Gasteiger partial charge is 0.486 e. The number of carboxylic acids is 1. The smallest absolute Gasteiger partial charge is 0.427 e. The first-order valence-corrected chi connectivity index (χ1v) is 13.1. The van der Waals surface area contributed by atoms with Crippen molar-refractivity contribution in [2.45, 2.75) is 63.1 Å². The van der Waals surface area contributed by atoms with E-state index in [4.69, 9.17) is 4.74 Å². The number of pyridine rings is 1. The second-order valence-corrected chi connectivity index (χ2v) is 12.1. The number of nitrogens with zero attached hydrogens (tertiary/aromatic N) is 2. The summed E-state index contributed by atoms with van der Waals surface area (Å²) in [6, 6.07) is 3.69. The molecule has 1 amide bonds. The minimum Gasteiger partial charge on any atom is -0.486 e. The third-order valence-electron chi connectivity index (χ3n) is 6.11. The van der Waals surface area contributed by atoms with Crippen LogP contribution in [0, 0.1) is 5.41 Å². The maximum atomic E-state index is 13.6. The van der Waals surface area contributed by atoms with Gasteiger partial charge in [0, 0.05) is 24.5 Å². The third-order valence-corrected chi connectivity index (χ3v) is 7.86. The molecule has 0 fully saturated rings. The molecule has 41 heavy (non-hydrogen) atoms. The molecular formula is C24H25F6N3O7S. The fourth-order valence-electron chi connectivity index (χ4n) is 3.66. The van der Waals surface area contributed by atoms with Crippen LogP contribution in [0.25, 0.3) is 0 Å². The number of hydrogen-bond acceptors (Lipinski definition) is 7. The Labute approximate surface area is 230 Å². The van der Waals surface area contributed by atoms with Crippen molar-refractivity contribution in [1.82, 2.24) is 4.98 Å². The van der Waals surface area contributed by atoms with Crippen molar-refractivity contribution < 1.29 is 58.9 Å². The molecule has 226 valence electrons. The second-order valence-electron chi connectivity index (χ2n) is 10.3. The lowest BCUT2D eigenvalue weighted by Gasteiger charge is -2.37. The van der Waals surface area contributed by atoms with Crippen LogP contribution in [0.4, 0.5) is 42.5 Å². The normalized spacial score (nSPS) is 16.4. The van der Waals surface area contributed by atoms with Crippen LogP contribution in [-0.2, 0) is 25.7 Å².